The molecule has 182 valence electrons. The van der Waals surface area contributed by atoms with Crippen molar-refractivity contribution in [2.75, 3.05) is 41.0 Å². The first-order valence-electron chi connectivity index (χ1n) is 12.3. The zero-order chi connectivity index (χ0) is 22.8. The molecule has 5 saturated carbocycles. The second-order valence-electron chi connectivity index (χ2n) is 11.7. The number of aliphatic hydroxyl groups excluding tert-OH is 2. The van der Waals surface area contributed by atoms with E-state index in [0.717, 1.165) is 13.0 Å². The Morgan fingerprint density at radius 3 is 2.47 bits per heavy atom. The molecule has 0 amide bonds. The Labute approximate surface area is 189 Å². The summed E-state index contributed by atoms with van der Waals surface area (Å²) in [6.07, 6.45) is -0.0296. The Balaban J connectivity index is 1.67. The first-order chi connectivity index (χ1) is 15.2. The Morgan fingerprint density at radius 1 is 1.09 bits per heavy atom. The van der Waals surface area contributed by atoms with Crippen LogP contribution in [0, 0.1) is 34.5 Å². The SMILES string of the molecule is CCN1C[C@]2(COC)CC[C@@H](O)[C@@]34[C@@H]5C[C@H]6[C@H](O)[C@@H]5[C@](O)(C[C@@H]6OC)[C@@](O)([C@@H](OC)[C@H]23)[C@@H]14. The van der Waals surface area contributed by atoms with Gasteiger partial charge in [-0.15, -0.1) is 0 Å². The van der Waals surface area contributed by atoms with Crippen molar-refractivity contribution in [3.63, 3.8) is 0 Å². The van der Waals surface area contributed by atoms with Gasteiger partial charge >= 0.3 is 0 Å². The smallest absolute Gasteiger partial charge is 0.136 e. The highest BCUT2D eigenvalue weighted by atomic mass is 16.5. The first kappa shape index (κ1) is 22.2. The number of hydrogen-bond acceptors (Lipinski definition) is 8. The van der Waals surface area contributed by atoms with Gasteiger partial charge in [-0.25, -0.2) is 0 Å². The Morgan fingerprint density at radius 2 is 1.84 bits per heavy atom. The van der Waals surface area contributed by atoms with Crippen molar-refractivity contribution >= 4 is 0 Å². The van der Waals surface area contributed by atoms with E-state index in [4.69, 9.17) is 14.2 Å². The molecule has 13 atom stereocenters. The summed E-state index contributed by atoms with van der Waals surface area (Å²) in [5.41, 5.74) is -4.15. The summed E-state index contributed by atoms with van der Waals surface area (Å²) in [6, 6.07) is -0.442. The number of methoxy groups -OCH3 is 3. The third kappa shape index (κ3) is 1.99. The summed E-state index contributed by atoms with van der Waals surface area (Å²) in [6.45, 7) is 4.05. The van der Waals surface area contributed by atoms with Crippen LogP contribution in [0.15, 0.2) is 0 Å². The van der Waals surface area contributed by atoms with Crippen LogP contribution in [0.1, 0.15) is 32.6 Å². The summed E-state index contributed by atoms with van der Waals surface area (Å²) in [5.74, 6) is -0.889. The number of hydrogen-bond donors (Lipinski definition) is 4. The maximum absolute atomic E-state index is 12.8. The molecule has 1 heterocycles. The molecule has 32 heavy (non-hydrogen) atoms. The molecular formula is C24H39NO7. The predicted molar refractivity (Wildman–Crippen MR) is 114 cm³/mol. The van der Waals surface area contributed by atoms with Crippen LogP contribution >= 0.6 is 0 Å². The maximum atomic E-state index is 12.8. The van der Waals surface area contributed by atoms with E-state index in [1.807, 2.05) is 0 Å². The molecule has 1 saturated heterocycles. The van der Waals surface area contributed by atoms with Crippen LogP contribution in [0.4, 0.5) is 0 Å². The zero-order valence-electron chi connectivity index (χ0n) is 19.6. The highest BCUT2D eigenvalue weighted by Gasteiger charge is 2.91. The van der Waals surface area contributed by atoms with Gasteiger partial charge in [0.25, 0.3) is 0 Å². The van der Waals surface area contributed by atoms with Gasteiger partial charge in [0.05, 0.1) is 37.1 Å². The lowest BCUT2D eigenvalue weighted by atomic mass is 9.42. The Kier molecular flexibility index (Phi) is 4.62. The molecule has 4 N–H and O–H groups in total. The van der Waals surface area contributed by atoms with Gasteiger partial charge in [0, 0.05) is 62.9 Å². The summed E-state index contributed by atoms with van der Waals surface area (Å²) >= 11 is 0. The van der Waals surface area contributed by atoms with Crippen molar-refractivity contribution in [3.8, 4) is 0 Å². The number of nitrogens with zero attached hydrogens (tertiary/aromatic N) is 1. The number of rotatable bonds is 5. The lowest BCUT2D eigenvalue weighted by Gasteiger charge is -2.69. The van der Waals surface area contributed by atoms with E-state index in [2.05, 4.69) is 11.8 Å². The maximum Gasteiger partial charge on any atom is 0.136 e. The van der Waals surface area contributed by atoms with Crippen LogP contribution in [0.25, 0.3) is 0 Å². The second kappa shape index (κ2) is 6.66. The first-order valence-corrected chi connectivity index (χ1v) is 12.3. The van der Waals surface area contributed by atoms with Gasteiger partial charge in [0.1, 0.15) is 11.2 Å². The van der Waals surface area contributed by atoms with Crippen LogP contribution in [0.3, 0.4) is 0 Å². The average Bonchev–Trinajstić information content (AvgIpc) is 3.14. The monoisotopic (exact) mass is 453 g/mol. The van der Waals surface area contributed by atoms with Gasteiger partial charge in [-0.3, -0.25) is 4.90 Å². The normalized spacial score (nSPS) is 62.4. The van der Waals surface area contributed by atoms with Crippen LogP contribution in [0.5, 0.6) is 0 Å². The third-order valence-corrected chi connectivity index (χ3v) is 11.2. The van der Waals surface area contributed by atoms with Crippen LogP contribution < -0.4 is 0 Å². The number of aliphatic hydroxyl groups is 4. The molecule has 8 nitrogen and oxygen atoms in total. The largest absolute Gasteiger partial charge is 0.392 e. The summed E-state index contributed by atoms with van der Waals surface area (Å²) in [7, 11) is 4.95. The summed E-state index contributed by atoms with van der Waals surface area (Å²) in [4.78, 5) is 2.28. The van der Waals surface area contributed by atoms with Gasteiger partial charge in [-0.1, -0.05) is 6.92 Å². The van der Waals surface area contributed by atoms with Gasteiger partial charge in [0.2, 0.25) is 0 Å². The van der Waals surface area contributed by atoms with Crippen molar-refractivity contribution in [2.45, 2.75) is 74.3 Å². The van der Waals surface area contributed by atoms with Gasteiger partial charge in [-0.05, 0) is 31.7 Å². The number of fused-ring (bicyclic) bond motifs is 2. The quantitative estimate of drug-likeness (QED) is 0.446. The number of ether oxygens (including phenoxy) is 3. The van der Waals surface area contributed by atoms with Crippen molar-refractivity contribution < 1.29 is 34.6 Å². The molecular weight excluding hydrogens is 414 g/mol. The fourth-order valence-electron chi connectivity index (χ4n) is 10.7. The lowest BCUT2D eigenvalue weighted by molar-refractivity contribution is -0.317. The molecule has 0 aromatic heterocycles. The molecule has 8 heteroatoms. The fraction of sp³-hybridized carbons (Fsp3) is 1.00. The molecule has 6 rings (SSSR count). The van der Waals surface area contributed by atoms with Crippen LogP contribution in [-0.2, 0) is 14.2 Å². The van der Waals surface area contributed by atoms with E-state index in [9.17, 15) is 20.4 Å². The molecule has 1 spiro atoms. The van der Waals surface area contributed by atoms with Crippen molar-refractivity contribution in [2.24, 2.45) is 34.5 Å². The van der Waals surface area contributed by atoms with E-state index < -0.39 is 46.9 Å². The van der Waals surface area contributed by atoms with Gasteiger partial charge < -0.3 is 34.6 Å². The van der Waals surface area contributed by atoms with Crippen molar-refractivity contribution in [1.82, 2.24) is 4.90 Å². The number of piperidine rings is 1. The Hall–Kier alpha value is -0.320. The van der Waals surface area contributed by atoms with Gasteiger partial charge in [-0.2, -0.15) is 0 Å². The minimum absolute atomic E-state index is 0.102. The molecule has 5 aliphatic carbocycles. The van der Waals surface area contributed by atoms with E-state index in [-0.39, 0.29) is 35.7 Å². The Bertz CT molecular complexity index is 798. The fourth-order valence-corrected chi connectivity index (χ4v) is 10.7. The number of likely N-dealkylation sites (N-methyl/N-ethyl adjacent to an activating group) is 1. The highest BCUT2D eigenvalue weighted by molar-refractivity contribution is 5.41. The molecule has 1 aliphatic heterocycles. The highest BCUT2D eigenvalue weighted by Crippen LogP contribution is 2.80. The van der Waals surface area contributed by atoms with Crippen LogP contribution in [-0.4, -0.2) is 108 Å². The molecule has 0 aromatic rings. The molecule has 7 bridgehead atoms. The predicted octanol–water partition coefficient (Wildman–Crippen LogP) is -0.383. The van der Waals surface area contributed by atoms with Crippen molar-refractivity contribution in [1.29, 1.82) is 0 Å². The standard InChI is InChI=1S/C24H39NO7/c1-5-25-10-21(11-30-2)7-6-15(26)23-13-8-12-14(31-3)9-22(28,16(13)17(12)27)24(29,20(23)25)19(32-4)18(21)23/h12-20,26-29H,5-11H2,1-4H3/t12-,13-,14+,15-,16-,17+,18-,19+,20+,21+,22-,23+,24-/m1/s1. The van der Waals surface area contributed by atoms with Crippen LogP contribution in [0.2, 0.25) is 0 Å². The molecule has 0 aromatic carbocycles. The third-order valence-electron chi connectivity index (χ3n) is 11.2. The van der Waals surface area contributed by atoms with Crippen molar-refractivity contribution in [3.05, 3.63) is 0 Å². The minimum atomic E-state index is -1.63. The molecule has 6 fully saturated rings. The van der Waals surface area contributed by atoms with E-state index >= 15 is 0 Å². The molecule has 6 aliphatic rings. The summed E-state index contributed by atoms with van der Waals surface area (Å²) < 4.78 is 17.7. The van der Waals surface area contributed by atoms with Gasteiger partial charge in [0.15, 0.2) is 0 Å². The number of likely N-dealkylation sites (tertiary alicyclic amines) is 1. The lowest BCUT2D eigenvalue weighted by Crippen LogP contribution is -2.81. The topological polar surface area (TPSA) is 112 Å². The average molecular weight is 454 g/mol. The van der Waals surface area contributed by atoms with E-state index in [1.165, 1.54) is 0 Å². The minimum Gasteiger partial charge on any atom is -0.392 e. The molecule has 0 unspecified atom stereocenters. The summed E-state index contributed by atoms with van der Waals surface area (Å²) in [5, 5.41) is 48.5. The zero-order valence-corrected chi connectivity index (χ0v) is 19.6. The second-order valence-corrected chi connectivity index (χ2v) is 11.7. The molecule has 0 radical (unpaired) electrons. The van der Waals surface area contributed by atoms with E-state index in [1.54, 1.807) is 21.3 Å². The van der Waals surface area contributed by atoms with E-state index in [0.29, 0.717) is 26.0 Å².